The molecule has 1 saturated carbocycles. The third kappa shape index (κ3) is 3.11. The fraction of sp³-hybridized carbons (Fsp3) is 0.500. The Morgan fingerprint density at radius 2 is 1.59 bits per heavy atom. The first-order chi connectivity index (χ1) is 13.0. The van der Waals surface area contributed by atoms with Gasteiger partial charge in [0.1, 0.15) is 0 Å². The quantitative estimate of drug-likeness (QED) is 0.762. The van der Waals surface area contributed by atoms with E-state index in [1.165, 1.54) is 12.1 Å². The van der Waals surface area contributed by atoms with Gasteiger partial charge in [0, 0.05) is 19.0 Å². The van der Waals surface area contributed by atoms with Gasteiger partial charge in [0.15, 0.2) is 0 Å². The summed E-state index contributed by atoms with van der Waals surface area (Å²) < 4.78 is 0. The summed E-state index contributed by atoms with van der Waals surface area (Å²) in [6.45, 7) is 2.50. The molecule has 7 heteroatoms. The molecule has 1 aliphatic carbocycles. The van der Waals surface area contributed by atoms with Crippen LogP contribution in [0.5, 0.6) is 0 Å². The number of carbonyl (C=O) groups excluding carboxylic acids is 4. The van der Waals surface area contributed by atoms with E-state index in [0.717, 1.165) is 25.7 Å². The summed E-state index contributed by atoms with van der Waals surface area (Å²) in [5, 5.41) is 0.516. The minimum absolute atomic E-state index is 0.0566. The maximum atomic E-state index is 12.5. The van der Waals surface area contributed by atoms with Gasteiger partial charge in [-0.15, -0.1) is 0 Å². The predicted octanol–water partition coefficient (Wildman–Crippen LogP) is 2.17. The smallest absolute Gasteiger partial charge is 0.338 e. The third-order valence-corrected chi connectivity index (χ3v) is 5.86. The van der Waals surface area contributed by atoms with Gasteiger partial charge in [0.05, 0.1) is 17.0 Å². The molecule has 1 saturated heterocycles. The molecule has 1 atom stereocenters. The summed E-state index contributed by atoms with van der Waals surface area (Å²) in [5.41, 5.74) is 0.437. The van der Waals surface area contributed by atoms with Gasteiger partial charge in [0.25, 0.3) is 11.8 Å². The van der Waals surface area contributed by atoms with Gasteiger partial charge in [-0.05, 0) is 43.7 Å². The third-order valence-electron chi connectivity index (χ3n) is 5.86. The van der Waals surface area contributed by atoms with E-state index in [9.17, 15) is 19.2 Å². The van der Waals surface area contributed by atoms with Crippen molar-refractivity contribution in [1.82, 2.24) is 9.96 Å². The summed E-state index contributed by atoms with van der Waals surface area (Å²) in [4.78, 5) is 56.4. The van der Waals surface area contributed by atoms with Crippen LogP contribution in [-0.2, 0) is 14.4 Å². The number of hydrogen-bond acceptors (Lipinski definition) is 5. The minimum Gasteiger partial charge on any atom is -0.339 e. The van der Waals surface area contributed by atoms with E-state index in [2.05, 4.69) is 6.92 Å². The highest BCUT2D eigenvalue weighted by molar-refractivity contribution is 6.20. The van der Waals surface area contributed by atoms with E-state index in [4.69, 9.17) is 4.84 Å². The number of fused-ring (bicyclic) bond motifs is 1. The van der Waals surface area contributed by atoms with Crippen molar-refractivity contribution in [2.45, 2.75) is 45.1 Å². The number of benzene rings is 1. The second-order valence-corrected chi connectivity index (χ2v) is 7.72. The fourth-order valence-corrected chi connectivity index (χ4v) is 4.21. The zero-order valence-corrected chi connectivity index (χ0v) is 15.2. The molecule has 0 aromatic heterocycles. The van der Waals surface area contributed by atoms with Crippen molar-refractivity contribution in [2.75, 3.05) is 6.54 Å². The van der Waals surface area contributed by atoms with Gasteiger partial charge < -0.3 is 9.74 Å². The van der Waals surface area contributed by atoms with Crippen molar-refractivity contribution in [3.63, 3.8) is 0 Å². The largest absolute Gasteiger partial charge is 0.339 e. The number of hydrogen-bond donors (Lipinski definition) is 0. The van der Waals surface area contributed by atoms with E-state index in [1.54, 1.807) is 17.0 Å². The zero-order chi connectivity index (χ0) is 19.1. The van der Waals surface area contributed by atoms with Crippen LogP contribution in [0, 0.1) is 11.8 Å². The zero-order valence-electron chi connectivity index (χ0n) is 15.2. The standard InChI is InChI=1S/C20H22N2O5/c1-12-6-8-14(9-7-12)21-11-13(10-17(21)23)20(26)27-22-18(24)15-4-2-3-5-16(15)19(22)25/h2-5,12-14H,6-11H2,1H3. The molecular formula is C20H22N2O5. The van der Waals surface area contributed by atoms with Gasteiger partial charge >= 0.3 is 5.97 Å². The molecule has 1 aromatic carbocycles. The van der Waals surface area contributed by atoms with E-state index in [1.807, 2.05) is 0 Å². The highest BCUT2D eigenvalue weighted by Crippen LogP contribution is 2.32. The van der Waals surface area contributed by atoms with Gasteiger partial charge in [-0.25, -0.2) is 4.79 Å². The second kappa shape index (κ2) is 6.79. The molecule has 1 unspecified atom stereocenters. The number of likely N-dealkylation sites (tertiary alicyclic amines) is 1. The first-order valence-corrected chi connectivity index (χ1v) is 9.44. The Hall–Kier alpha value is -2.70. The molecule has 7 nitrogen and oxygen atoms in total. The Morgan fingerprint density at radius 1 is 1.00 bits per heavy atom. The number of imide groups is 1. The van der Waals surface area contributed by atoms with Crippen LogP contribution in [0.25, 0.3) is 0 Å². The number of hydroxylamine groups is 2. The van der Waals surface area contributed by atoms with Crippen molar-refractivity contribution >= 4 is 23.7 Å². The van der Waals surface area contributed by atoms with Crippen molar-refractivity contribution in [3.8, 4) is 0 Å². The van der Waals surface area contributed by atoms with Crippen LogP contribution in [-0.4, -0.2) is 46.2 Å². The molecule has 0 bridgehead atoms. The van der Waals surface area contributed by atoms with Gasteiger partial charge in [-0.1, -0.05) is 24.1 Å². The molecule has 0 radical (unpaired) electrons. The van der Waals surface area contributed by atoms with Gasteiger partial charge in [-0.2, -0.15) is 0 Å². The molecule has 3 aliphatic rings. The first-order valence-electron chi connectivity index (χ1n) is 9.44. The van der Waals surface area contributed by atoms with Crippen molar-refractivity contribution in [1.29, 1.82) is 0 Å². The Kier molecular flexibility index (Phi) is 4.45. The van der Waals surface area contributed by atoms with Crippen LogP contribution in [0.2, 0.25) is 0 Å². The van der Waals surface area contributed by atoms with Crippen molar-refractivity contribution in [3.05, 3.63) is 35.4 Å². The average molecular weight is 370 g/mol. The minimum atomic E-state index is -0.704. The molecule has 0 spiro atoms. The Morgan fingerprint density at radius 3 is 2.19 bits per heavy atom. The Labute approximate surface area is 157 Å². The normalized spacial score (nSPS) is 27.9. The summed E-state index contributed by atoms with van der Waals surface area (Å²) in [6.07, 6.45) is 4.13. The highest BCUT2D eigenvalue weighted by Gasteiger charge is 2.43. The van der Waals surface area contributed by atoms with Gasteiger partial charge in [-0.3, -0.25) is 14.4 Å². The summed E-state index contributed by atoms with van der Waals surface area (Å²) >= 11 is 0. The van der Waals surface area contributed by atoms with E-state index in [0.29, 0.717) is 17.5 Å². The fourth-order valence-electron chi connectivity index (χ4n) is 4.21. The SMILES string of the molecule is CC1CCC(N2CC(C(=O)ON3C(=O)c4ccccc4C3=O)CC2=O)CC1. The summed E-state index contributed by atoms with van der Waals surface area (Å²) in [5.74, 6) is -2.03. The van der Waals surface area contributed by atoms with Crippen LogP contribution in [0.3, 0.4) is 0 Å². The molecule has 2 heterocycles. The van der Waals surface area contributed by atoms with E-state index in [-0.39, 0.29) is 29.5 Å². The number of nitrogens with zero attached hydrogens (tertiary/aromatic N) is 2. The van der Waals surface area contributed by atoms with E-state index < -0.39 is 23.7 Å². The lowest BCUT2D eigenvalue weighted by Crippen LogP contribution is -2.40. The lowest BCUT2D eigenvalue weighted by atomic mass is 9.87. The molecule has 142 valence electrons. The first kappa shape index (κ1) is 17.7. The Balaban J connectivity index is 1.40. The topological polar surface area (TPSA) is 84.0 Å². The van der Waals surface area contributed by atoms with Crippen LogP contribution >= 0.6 is 0 Å². The van der Waals surface area contributed by atoms with Gasteiger partial charge in [0.2, 0.25) is 5.91 Å². The lowest BCUT2D eigenvalue weighted by Gasteiger charge is -2.33. The summed E-state index contributed by atoms with van der Waals surface area (Å²) in [6, 6.07) is 6.51. The van der Waals surface area contributed by atoms with Crippen molar-refractivity contribution < 1.29 is 24.0 Å². The summed E-state index contributed by atoms with van der Waals surface area (Å²) in [7, 11) is 0. The molecule has 2 fully saturated rings. The van der Waals surface area contributed by atoms with Crippen LogP contribution in [0.1, 0.15) is 59.7 Å². The molecule has 1 aromatic rings. The molecule has 2 aliphatic heterocycles. The average Bonchev–Trinajstić information content (AvgIpc) is 3.17. The van der Waals surface area contributed by atoms with Crippen LogP contribution in [0.15, 0.2) is 24.3 Å². The van der Waals surface area contributed by atoms with Crippen molar-refractivity contribution in [2.24, 2.45) is 11.8 Å². The number of rotatable bonds is 3. The molecule has 27 heavy (non-hydrogen) atoms. The molecular weight excluding hydrogens is 348 g/mol. The Bertz CT molecular complexity index is 777. The van der Waals surface area contributed by atoms with E-state index >= 15 is 0 Å². The monoisotopic (exact) mass is 370 g/mol. The predicted molar refractivity (Wildman–Crippen MR) is 94.3 cm³/mol. The second-order valence-electron chi connectivity index (χ2n) is 7.72. The maximum absolute atomic E-state index is 12.5. The van der Waals surface area contributed by atoms with Crippen LogP contribution < -0.4 is 0 Å². The maximum Gasteiger partial charge on any atom is 0.338 e. The molecule has 3 amide bonds. The highest BCUT2D eigenvalue weighted by atomic mass is 16.7. The number of amides is 3. The molecule has 0 N–H and O–H groups in total. The lowest BCUT2D eigenvalue weighted by molar-refractivity contribution is -0.173. The van der Waals surface area contributed by atoms with Crippen LogP contribution in [0.4, 0.5) is 0 Å². The molecule has 4 rings (SSSR count). The number of carbonyl (C=O) groups is 4.